The molecular weight excluding hydrogens is 388 g/mol. The Morgan fingerprint density at radius 2 is 1.41 bits per heavy atom. The van der Waals surface area contributed by atoms with E-state index in [1.165, 1.54) is 6.92 Å². The van der Waals surface area contributed by atoms with Crippen LogP contribution in [-0.2, 0) is 16.1 Å². The number of hydrogen-bond donors (Lipinski definition) is 4. The number of aryl methyl sites for hydroxylation is 1. The highest BCUT2D eigenvalue weighted by molar-refractivity contribution is 6.00. The smallest absolute Gasteiger partial charge is 0.342 e. The van der Waals surface area contributed by atoms with Crippen LogP contribution in [-0.4, -0.2) is 52.0 Å². The first-order chi connectivity index (χ1) is 13.7. The van der Waals surface area contributed by atoms with Gasteiger partial charge in [0.25, 0.3) is 0 Å². The van der Waals surface area contributed by atoms with E-state index in [4.69, 9.17) is 4.74 Å². The third kappa shape index (κ3) is 3.81. The number of phenolic OH excluding ortho intramolecular Hbond substituents is 4. The summed E-state index contributed by atoms with van der Waals surface area (Å²) in [5, 5.41) is 39.6. The van der Waals surface area contributed by atoms with Crippen molar-refractivity contribution in [3.63, 3.8) is 0 Å². The second-order valence-electron chi connectivity index (χ2n) is 5.85. The van der Waals surface area contributed by atoms with Crippen molar-refractivity contribution in [2.24, 2.45) is 0 Å². The minimum atomic E-state index is -1.11. The first-order valence-corrected chi connectivity index (χ1v) is 7.96. The number of hydrogen-bond acceptors (Lipinski definition) is 10. The molecule has 152 valence electrons. The molecule has 0 spiro atoms. The summed E-state index contributed by atoms with van der Waals surface area (Å²) in [7, 11) is 1.02. The average molecular weight is 404 g/mol. The van der Waals surface area contributed by atoms with Crippen LogP contribution in [0.4, 0.5) is 0 Å². The Balaban J connectivity index is 2.45. The number of ether oxygens (including phenoxy) is 2. The Hall–Kier alpha value is -4.08. The van der Waals surface area contributed by atoms with Gasteiger partial charge in [-0.25, -0.2) is 9.59 Å². The molecule has 0 heterocycles. The Bertz CT molecular complexity index is 1020. The van der Waals surface area contributed by atoms with Gasteiger partial charge in [-0.05, 0) is 24.6 Å². The highest BCUT2D eigenvalue weighted by atomic mass is 16.5. The molecule has 2 rings (SSSR count). The van der Waals surface area contributed by atoms with Crippen molar-refractivity contribution in [1.29, 1.82) is 0 Å². The molecule has 0 radical (unpaired) electrons. The number of esters is 2. The van der Waals surface area contributed by atoms with E-state index >= 15 is 0 Å². The van der Waals surface area contributed by atoms with E-state index in [0.717, 1.165) is 19.2 Å². The highest BCUT2D eigenvalue weighted by Crippen LogP contribution is 2.35. The van der Waals surface area contributed by atoms with Crippen LogP contribution in [0.5, 0.6) is 23.0 Å². The molecule has 10 heteroatoms. The van der Waals surface area contributed by atoms with Gasteiger partial charge in [-0.2, -0.15) is 0 Å². The molecule has 29 heavy (non-hydrogen) atoms. The lowest BCUT2D eigenvalue weighted by molar-refractivity contribution is 0.0455. The summed E-state index contributed by atoms with van der Waals surface area (Å²) in [6.07, 6.45) is 0.288. The molecule has 0 bridgehead atoms. The largest absolute Gasteiger partial charge is 0.507 e. The van der Waals surface area contributed by atoms with E-state index in [2.05, 4.69) is 4.74 Å². The molecule has 0 saturated heterocycles. The van der Waals surface area contributed by atoms with Crippen molar-refractivity contribution in [3.8, 4) is 23.0 Å². The number of carbonyl (C=O) groups excluding carboxylic acids is 4. The fourth-order valence-electron chi connectivity index (χ4n) is 2.67. The lowest BCUT2D eigenvalue weighted by atomic mass is 10.0. The Morgan fingerprint density at radius 3 is 1.93 bits per heavy atom. The molecule has 0 fully saturated rings. The quantitative estimate of drug-likeness (QED) is 0.410. The average Bonchev–Trinajstić information content (AvgIpc) is 2.65. The summed E-state index contributed by atoms with van der Waals surface area (Å²) in [5.74, 6) is -5.01. The van der Waals surface area contributed by atoms with Crippen LogP contribution < -0.4 is 0 Å². The van der Waals surface area contributed by atoms with Gasteiger partial charge in [0.2, 0.25) is 0 Å². The Labute approximate surface area is 163 Å². The SMILES string of the molecule is COC(=O)c1c(COC(=O)c2c(C)cc(O)c(C=O)c2O)cc(O)c(C=O)c1O. The molecule has 0 saturated carbocycles. The predicted octanol–water partition coefficient (Wildman–Crippen LogP) is 1.59. The van der Waals surface area contributed by atoms with Crippen LogP contribution in [0.2, 0.25) is 0 Å². The van der Waals surface area contributed by atoms with Crippen molar-refractivity contribution in [2.75, 3.05) is 7.11 Å². The van der Waals surface area contributed by atoms with E-state index in [1.54, 1.807) is 0 Å². The van der Waals surface area contributed by atoms with Crippen molar-refractivity contribution < 1.29 is 49.1 Å². The number of benzene rings is 2. The third-order valence-corrected chi connectivity index (χ3v) is 4.10. The molecule has 0 unspecified atom stereocenters. The summed E-state index contributed by atoms with van der Waals surface area (Å²) in [5.41, 5.74) is -2.04. The van der Waals surface area contributed by atoms with Crippen molar-refractivity contribution in [2.45, 2.75) is 13.5 Å². The van der Waals surface area contributed by atoms with Crippen LogP contribution in [0, 0.1) is 6.92 Å². The van der Waals surface area contributed by atoms with Crippen LogP contribution in [0.15, 0.2) is 12.1 Å². The lowest BCUT2D eigenvalue weighted by Crippen LogP contribution is -2.13. The van der Waals surface area contributed by atoms with Crippen molar-refractivity contribution >= 4 is 24.5 Å². The molecule has 0 aliphatic carbocycles. The first-order valence-electron chi connectivity index (χ1n) is 7.96. The minimum Gasteiger partial charge on any atom is -0.507 e. The van der Waals surface area contributed by atoms with E-state index in [1.807, 2.05) is 0 Å². The number of methoxy groups -OCH3 is 1. The lowest BCUT2D eigenvalue weighted by Gasteiger charge is -2.15. The van der Waals surface area contributed by atoms with Crippen LogP contribution in [0.25, 0.3) is 0 Å². The standard InChI is InChI=1S/C19H16O10/c1-8-3-12(22)10(5-20)16(24)14(8)19(27)29-7-9-4-13(23)11(6-21)17(25)15(9)18(26)28-2/h3-6,22-25H,7H2,1-2H3. The maximum Gasteiger partial charge on any atom is 0.342 e. The van der Waals surface area contributed by atoms with E-state index in [9.17, 15) is 39.6 Å². The van der Waals surface area contributed by atoms with Crippen LogP contribution in [0.1, 0.15) is 52.6 Å². The van der Waals surface area contributed by atoms with Crippen molar-refractivity contribution in [3.05, 3.63) is 45.5 Å². The number of rotatable bonds is 6. The van der Waals surface area contributed by atoms with E-state index in [0.29, 0.717) is 0 Å². The molecule has 2 aromatic carbocycles. The summed E-state index contributed by atoms with van der Waals surface area (Å²) < 4.78 is 9.55. The molecular formula is C19H16O10. The Kier molecular flexibility index (Phi) is 6.07. The van der Waals surface area contributed by atoms with Gasteiger partial charge in [0.1, 0.15) is 40.7 Å². The molecule has 2 aromatic rings. The molecule has 0 aliphatic rings. The topological polar surface area (TPSA) is 168 Å². The zero-order valence-electron chi connectivity index (χ0n) is 15.3. The number of aromatic hydroxyl groups is 4. The minimum absolute atomic E-state index is 0.103. The summed E-state index contributed by atoms with van der Waals surface area (Å²) in [6.45, 7) is 0.709. The van der Waals surface area contributed by atoms with E-state index < -0.39 is 63.8 Å². The van der Waals surface area contributed by atoms with Gasteiger partial charge in [0.15, 0.2) is 12.6 Å². The molecule has 0 amide bonds. The van der Waals surface area contributed by atoms with Crippen LogP contribution in [0.3, 0.4) is 0 Å². The number of aldehydes is 2. The predicted molar refractivity (Wildman–Crippen MR) is 95.5 cm³/mol. The normalized spacial score (nSPS) is 10.3. The van der Waals surface area contributed by atoms with Gasteiger partial charge in [-0.15, -0.1) is 0 Å². The molecule has 0 aromatic heterocycles. The zero-order valence-corrected chi connectivity index (χ0v) is 15.3. The fraction of sp³-hybridized carbons (Fsp3) is 0.158. The first kappa shape index (κ1) is 21.2. The molecule has 10 nitrogen and oxygen atoms in total. The van der Waals surface area contributed by atoms with E-state index in [-0.39, 0.29) is 23.7 Å². The van der Waals surface area contributed by atoms with Gasteiger partial charge in [0, 0.05) is 5.56 Å². The van der Waals surface area contributed by atoms with Crippen LogP contribution >= 0.6 is 0 Å². The second-order valence-corrected chi connectivity index (χ2v) is 5.85. The monoisotopic (exact) mass is 404 g/mol. The van der Waals surface area contributed by atoms with Gasteiger partial charge in [0.05, 0.1) is 18.2 Å². The molecule has 0 atom stereocenters. The maximum atomic E-state index is 12.4. The number of phenols is 4. The second kappa shape index (κ2) is 8.30. The Morgan fingerprint density at radius 1 is 0.897 bits per heavy atom. The van der Waals surface area contributed by atoms with Gasteiger partial charge >= 0.3 is 11.9 Å². The number of carbonyl (C=O) groups is 4. The fourth-order valence-corrected chi connectivity index (χ4v) is 2.67. The molecule has 0 aliphatic heterocycles. The third-order valence-electron chi connectivity index (χ3n) is 4.10. The maximum absolute atomic E-state index is 12.4. The summed E-state index contributed by atoms with van der Waals surface area (Å²) >= 11 is 0. The summed E-state index contributed by atoms with van der Waals surface area (Å²) in [4.78, 5) is 46.4. The van der Waals surface area contributed by atoms with Gasteiger partial charge in [-0.1, -0.05) is 0 Å². The molecule has 4 N–H and O–H groups in total. The van der Waals surface area contributed by atoms with Gasteiger partial charge < -0.3 is 29.9 Å². The highest BCUT2D eigenvalue weighted by Gasteiger charge is 2.26. The zero-order chi connectivity index (χ0) is 21.9. The van der Waals surface area contributed by atoms with Gasteiger partial charge in [-0.3, -0.25) is 9.59 Å². The summed E-state index contributed by atoms with van der Waals surface area (Å²) in [6, 6.07) is 2.01. The van der Waals surface area contributed by atoms with Crippen molar-refractivity contribution in [1.82, 2.24) is 0 Å².